The van der Waals surface area contributed by atoms with Crippen LogP contribution in [0.15, 0.2) is 64.1 Å². The number of amides is 1. The van der Waals surface area contributed by atoms with Gasteiger partial charge in [-0.15, -0.1) is 0 Å². The second-order valence-electron chi connectivity index (χ2n) is 6.91. The third-order valence-corrected chi connectivity index (χ3v) is 5.23. The molecule has 4 rings (SSSR count). The van der Waals surface area contributed by atoms with Gasteiger partial charge in [0.2, 0.25) is 11.5 Å². The van der Waals surface area contributed by atoms with Crippen LogP contribution in [0.5, 0.6) is 5.75 Å². The molecule has 0 bridgehead atoms. The highest BCUT2D eigenvalue weighted by Crippen LogP contribution is 2.24. The Morgan fingerprint density at radius 2 is 1.93 bits per heavy atom. The van der Waals surface area contributed by atoms with Crippen LogP contribution >= 0.6 is 0 Å². The van der Waals surface area contributed by atoms with Crippen molar-refractivity contribution in [2.45, 2.75) is 19.5 Å². The summed E-state index contributed by atoms with van der Waals surface area (Å²) in [5.74, 6) is 0.555. The van der Waals surface area contributed by atoms with Gasteiger partial charge in [0.25, 0.3) is 5.56 Å². The lowest BCUT2D eigenvalue weighted by Gasteiger charge is -2.25. The Hall–Kier alpha value is -3.61. The van der Waals surface area contributed by atoms with Crippen LogP contribution in [0.4, 0.5) is 0 Å². The third kappa shape index (κ3) is 3.35. The SMILES string of the molecule is COc1ccc(C(C)N(C)C(=O)Cn2cnc3c(oc4ccccc43)c2=O)cc1. The van der Waals surface area contributed by atoms with Gasteiger partial charge in [0.05, 0.1) is 19.5 Å². The van der Waals surface area contributed by atoms with Gasteiger partial charge in [0.1, 0.15) is 23.4 Å². The van der Waals surface area contributed by atoms with Crippen LogP contribution in [-0.4, -0.2) is 34.5 Å². The van der Waals surface area contributed by atoms with Crippen LogP contribution in [0.2, 0.25) is 0 Å². The molecular weight excluding hydrogens is 370 g/mol. The molecule has 0 aliphatic rings. The number of ether oxygens (including phenoxy) is 1. The summed E-state index contributed by atoms with van der Waals surface area (Å²) in [7, 11) is 3.33. The van der Waals surface area contributed by atoms with Gasteiger partial charge in [0, 0.05) is 12.4 Å². The van der Waals surface area contributed by atoms with Crippen LogP contribution in [0.25, 0.3) is 22.1 Å². The molecule has 148 valence electrons. The summed E-state index contributed by atoms with van der Waals surface area (Å²) in [4.78, 5) is 31.6. The summed E-state index contributed by atoms with van der Waals surface area (Å²) in [6.07, 6.45) is 1.40. The molecule has 0 aliphatic carbocycles. The van der Waals surface area contributed by atoms with Crippen molar-refractivity contribution in [3.8, 4) is 5.75 Å². The predicted octanol–water partition coefficient (Wildman–Crippen LogP) is 3.37. The molecule has 0 fully saturated rings. The number of para-hydroxylation sites is 1. The number of fused-ring (bicyclic) bond motifs is 3. The minimum Gasteiger partial charge on any atom is -0.497 e. The minimum atomic E-state index is -0.370. The lowest BCUT2D eigenvalue weighted by atomic mass is 10.1. The number of hydrogen-bond donors (Lipinski definition) is 0. The Labute approximate surface area is 167 Å². The number of hydrogen-bond acceptors (Lipinski definition) is 5. The molecule has 2 aromatic heterocycles. The van der Waals surface area contributed by atoms with Crippen LogP contribution < -0.4 is 10.3 Å². The average molecular weight is 391 g/mol. The first-order valence-electron chi connectivity index (χ1n) is 9.26. The Balaban J connectivity index is 1.58. The molecule has 0 radical (unpaired) electrons. The number of likely N-dealkylation sites (N-methyl/N-ethyl adjacent to an activating group) is 1. The average Bonchev–Trinajstić information content (AvgIpc) is 3.14. The Kier molecular flexibility index (Phi) is 4.80. The minimum absolute atomic E-state index is 0.115. The highest BCUT2D eigenvalue weighted by atomic mass is 16.5. The van der Waals surface area contributed by atoms with E-state index in [1.165, 1.54) is 10.9 Å². The zero-order valence-corrected chi connectivity index (χ0v) is 16.5. The van der Waals surface area contributed by atoms with E-state index < -0.39 is 0 Å². The second-order valence-corrected chi connectivity index (χ2v) is 6.91. The fraction of sp³-hybridized carbons (Fsp3) is 0.227. The summed E-state index contributed by atoms with van der Waals surface area (Å²) >= 11 is 0. The van der Waals surface area contributed by atoms with Crippen molar-refractivity contribution in [1.82, 2.24) is 14.5 Å². The fourth-order valence-corrected chi connectivity index (χ4v) is 3.31. The predicted molar refractivity (Wildman–Crippen MR) is 110 cm³/mol. The van der Waals surface area contributed by atoms with Gasteiger partial charge >= 0.3 is 0 Å². The number of furan rings is 1. The molecule has 2 aromatic carbocycles. The number of nitrogens with zero attached hydrogens (tertiary/aromatic N) is 3. The third-order valence-electron chi connectivity index (χ3n) is 5.23. The van der Waals surface area contributed by atoms with Crippen molar-refractivity contribution < 1.29 is 13.9 Å². The van der Waals surface area contributed by atoms with E-state index >= 15 is 0 Å². The van der Waals surface area contributed by atoms with Crippen molar-refractivity contribution in [2.24, 2.45) is 0 Å². The zero-order valence-electron chi connectivity index (χ0n) is 16.5. The Bertz CT molecular complexity index is 1240. The van der Waals surface area contributed by atoms with Crippen molar-refractivity contribution in [2.75, 3.05) is 14.2 Å². The fourth-order valence-electron chi connectivity index (χ4n) is 3.31. The quantitative estimate of drug-likeness (QED) is 0.521. The maximum atomic E-state index is 12.8. The second kappa shape index (κ2) is 7.43. The maximum absolute atomic E-state index is 12.8. The summed E-state index contributed by atoms with van der Waals surface area (Å²) in [6, 6.07) is 14.7. The molecule has 0 N–H and O–H groups in total. The van der Waals surface area contributed by atoms with Crippen LogP contribution in [-0.2, 0) is 11.3 Å². The van der Waals surface area contributed by atoms with Crippen molar-refractivity contribution in [3.05, 3.63) is 70.8 Å². The van der Waals surface area contributed by atoms with Crippen LogP contribution in [0, 0.1) is 0 Å². The molecule has 0 aliphatic heterocycles. The molecular formula is C22H21N3O4. The van der Waals surface area contributed by atoms with E-state index in [1.807, 2.05) is 49.4 Å². The number of rotatable bonds is 5. The normalized spacial score (nSPS) is 12.2. The summed E-state index contributed by atoms with van der Waals surface area (Å²) in [5.41, 5.74) is 1.87. The molecule has 7 heteroatoms. The first-order valence-corrected chi connectivity index (χ1v) is 9.26. The molecule has 0 spiro atoms. The molecule has 1 unspecified atom stereocenters. The van der Waals surface area contributed by atoms with E-state index in [0.717, 1.165) is 16.7 Å². The number of carbonyl (C=O) groups is 1. The van der Waals surface area contributed by atoms with Gasteiger partial charge in [-0.05, 0) is 36.8 Å². The topological polar surface area (TPSA) is 77.6 Å². The molecule has 4 aromatic rings. The van der Waals surface area contributed by atoms with E-state index in [-0.39, 0.29) is 29.6 Å². The smallest absolute Gasteiger partial charge is 0.297 e. The van der Waals surface area contributed by atoms with E-state index in [0.29, 0.717) is 11.1 Å². The molecule has 2 heterocycles. The summed E-state index contributed by atoms with van der Waals surface area (Å²) in [6.45, 7) is 1.82. The largest absolute Gasteiger partial charge is 0.497 e. The lowest BCUT2D eigenvalue weighted by molar-refractivity contribution is -0.132. The van der Waals surface area contributed by atoms with Crippen molar-refractivity contribution in [1.29, 1.82) is 0 Å². The van der Waals surface area contributed by atoms with E-state index in [9.17, 15) is 9.59 Å². The highest BCUT2D eigenvalue weighted by molar-refractivity contribution is 6.01. The highest BCUT2D eigenvalue weighted by Gasteiger charge is 2.20. The standard InChI is InChI=1S/C22H21N3O4/c1-14(15-8-10-16(28-3)11-9-15)24(2)19(26)12-25-13-23-20-17-6-4-5-7-18(17)29-21(20)22(25)27/h4-11,13-14H,12H2,1-3H3. The molecule has 29 heavy (non-hydrogen) atoms. The van der Waals surface area contributed by atoms with Crippen molar-refractivity contribution >= 4 is 28.0 Å². The number of methoxy groups -OCH3 is 1. The molecule has 7 nitrogen and oxygen atoms in total. The Morgan fingerprint density at radius 1 is 1.21 bits per heavy atom. The number of carbonyl (C=O) groups excluding carboxylic acids is 1. The van der Waals surface area contributed by atoms with E-state index in [2.05, 4.69) is 4.98 Å². The molecule has 1 amide bonds. The van der Waals surface area contributed by atoms with Gasteiger partial charge in [-0.25, -0.2) is 4.98 Å². The Morgan fingerprint density at radius 3 is 2.66 bits per heavy atom. The zero-order chi connectivity index (χ0) is 20.5. The maximum Gasteiger partial charge on any atom is 0.297 e. The lowest BCUT2D eigenvalue weighted by Crippen LogP contribution is -2.35. The first-order chi connectivity index (χ1) is 14.0. The number of aromatic nitrogens is 2. The summed E-state index contributed by atoms with van der Waals surface area (Å²) < 4.78 is 12.1. The van der Waals surface area contributed by atoms with Gasteiger partial charge in [-0.3, -0.25) is 14.2 Å². The van der Waals surface area contributed by atoms with Crippen LogP contribution in [0.1, 0.15) is 18.5 Å². The van der Waals surface area contributed by atoms with Gasteiger partial charge in [-0.1, -0.05) is 24.3 Å². The van der Waals surface area contributed by atoms with Gasteiger partial charge in [0.15, 0.2) is 0 Å². The van der Waals surface area contributed by atoms with Gasteiger partial charge < -0.3 is 14.1 Å². The molecule has 0 saturated carbocycles. The molecule has 1 atom stereocenters. The first kappa shape index (κ1) is 18.7. The van der Waals surface area contributed by atoms with E-state index in [1.54, 1.807) is 25.1 Å². The van der Waals surface area contributed by atoms with Gasteiger partial charge in [-0.2, -0.15) is 0 Å². The number of benzene rings is 2. The molecule has 0 saturated heterocycles. The monoisotopic (exact) mass is 391 g/mol. The van der Waals surface area contributed by atoms with E-state index in [4.69, 9.17) is 9.15 Å². The van der Waals surface area contributed by atoms with Crippen LogP contribution in [0.3, 0.4) is 0 Å². The van der Waals surface area contributed by atoms with Crippen molar-refractivity contribution in [3.63, 3.8) is 0 Å². The summed E-state index contributed by atoms with van der Waals surface area (Å²) in [5, 5.41) is 0.781.